The van der Waals surface area contributed by atoms with E-state index in [0.29, 0.717) is 18.3 Å². The van der Waals surface area contributed by atoms with Crippen molar-refractivity contribution in [1.29, 1.82) is 0 Å². The number of rotatable bonds is 8. The number of hydrogen-bond donors (Lipinski definition) is 2. The molecule has 2 aromatic carbocycles. The predicted molar refractivity (Wildman–Crippen MR) is 103 cm³/mol. The number of ether oxygens (including phenoxy) is 2. The first-order valence-electron chi connectivity index (χ1n) is 7.76. The number of benzene rings is 2. The molecule has 0 unspecified atom stereocenters. The van der Waals surface area contributed by atoms with Crippen LogP contribution in [-0.2, 0) is 0 Å². The first-order chi connectivity index (χ1) is 11.7. The molecule has 2 rings (SSSR count). The van der Waals surface area contributed by atoms with E-state index >= 15 is 0 Å². The fourth-order valence-corrected chi connectivity index (χ4v) is 2.28. The van der Waals surface area contributed by atoms with Crippen molar-refractivity contribution in [3.63, 3.8) is 0 Å². The van der Waals surface area contributed by atoms with Gasteiger partial charge >= 0.3 is 0 Å². The van der Waals surface area contributed by atoms with Crippen molar-refractivity contribution in [3.8, 4) is 11.5 Å². The Hall–Kier alpha value is -2.53. The number of hydrogen-bond acceptors (Lipinski definition) is 3. The summed E-state index contributed by atoms with van der Waals surface area (Å²) in [5.74, 6) is 1.64. The Morgan fingerprint density at radius 3 is 2.42 bits per heavy atom. The largest absolute Gasteiger partial charge is 0.491 e. The summed E-state index contributed by atoms with van der Waals surface area (Å²) in [5.41, 5.74) is 0.898. The highest BCUT2D eigenvalue weighted by Gasteiger charge is 2.06. The lowest BCUT2D eigenvalue weighted by Gasteiger charge is -2.17. The van der Waals surface area contributed by atoms with Crippen molar-refractivity contribution in [2.45, 2.75) is 13.0 Å². The topological polar surface area (TPSA) is 42.5 Å². The third-order valence-electron chi connectivity index (χ3n) is 3.10. The molecule has 0 spiro atoms. The molecular formula is C19H22N2O2S. The molecule has 0 bridgehead atoms. The van der Waals surface area contributed by atoms with Crippen LogP contribution in [0.5, 0.6) is 11.5 Å². The average Bonchev–Trinajstić information content (AvgIpc) is 2.60. The van der Waals surface area contributed by atoms with Crippen LogP contribution in [0.2, 0.25) is 0 Å². The van der Waals surface area contributed by atoms with Gasteiger partial charge in [-0.3, -0.25) is 0 Å². The van der Waals surface area contributed by atoms with Crippen LogP contribution in [0.4, 0.5) is 5.69 Å². The second-order valence-corrected chi connectivity index (χ2v) is 5.66. The Morgan fingerprint density at radius 1 is 1.08 bits per heavy atom. The van der Waals surface area contributed by atoms with Gasteiger partial charge in [-0.1, -0.05) is 30.9 Å². The highest BCUT2D eigenvalue weighted by atomic mass is 32.1. The van der Waals surface area contributed by atoms with Crippen LogP contribution >= 0.6 is 12.2 Å². The second kappa shape index (κ2) is 9.57. The molecule has 126 valence electrons. The monoisotopic (exact) mass is 342 g/mol. The molecule has 0 saturated heterocycles. The molecule has 0 fully saturated rings. The van der Waals surface area contributed by atoms with Gasteiger partial charge in [0.1, 0.15) is 24.7 Å². The van der Waals surface area contributed by atoms with Gasteiger partial charge in [0.05, 0.1) is 6.04 Å². The summed E-state index contributed by atoms with van der Waals surface area (Å²) < 4.78 is 11.1. The van der Waals surface area contributed by atoms with Crippen LogP contribution in [0, 0.1) is 0 Å². The minimum absolute atomic E-state index is 0.0837. The Balaban J connectivity index is 1.74. The van der Waals surface area contributed by atoms with Gasteiger partial charge in [0.25, 0.3) is 0 Å². The predicted octanol–water partition coefficient (Wildman–Crippen LogP) is 4.01. The van der Waals surface area contributed by atoms with Gasteiger partial charge in [0, 0.05) is 5.69 Å². The van der Waals surface area contributed by atoms with E-state index in [1.807, 2.05) is 61.5 Å². The van der Waals surface area contributed by atoms with Crippen molar-refractivity contribution in [2.24, 2.45) is 0 Å². The van der Waals surface area contributed by atoms with Gasteiger partial charge in [0.2, 0.25) is 0 Å². The Labute approximate surface area is 148 Å². The van der Waals surface area contributed by atoms with Crippen LogP contribution < -0.4 is 20.1 Å². The summed E-state index contributed by atoms with van der Waals surface area (Å²) in [4.78, 5) is 0. The lowest BCUT2D eigenvalue weighted by atomic mass is 10.3. The highest BCUT2D eigenvalue weighted by molar-refractivity contribution is 7.80. The summed E-state index contributed by atoms with van der Waals surface area (Å²) >= 11 is 5.32. The molecule has 0 radical (unpaired) electrons. The molecule has 0 aliphatic carbocycles. The third kappa shape index (κ3) is 6.30. The summed E-state index contributed by atoms with van der Waals surface area (Å²) in [6.07, 6.45) is 1.71. The molecule has 4 nitrogen and oxygen atoms in total. The Morgan fingerprint density at radius 2 is 1.75 bits per heavy atom. The van der Waals surface area contributed by atoms with E-state index in [-0.39, 0.29) is 6.04 Å². The van der Waals surface area contributed by atoms with Crippen LogP contribution in [0.1, 0.15) is 6.92 Å². The van der Waals surface area contributed by atoms with Gasteiger partial charge in [-0.25, -0.2) is 0 Å². The molecule has 0 amide bonds. The molecule has 0 aliphatic heterocycles. The number of thiocarbonyl (C=S) groups is 1. The van der Waals surface area contributed by atoms with Crippen LogP contribution in [-0.4, -0.2) is 24.4 Å². The SMILES string of the molecule is C=CCOc1ccc(NC(=S)N[C@@H](C)COc2ccccc2)cc1. The number of para-hydroxylation sites is 1. The van der Waals surface area contributed by atoms with Crippen molar-refractivity contribution in [3.05, 3.63) is 67.3 Å². The lowest BCUT2D eigenvalue weighted by Crippen LogP contribution is -2.39. The Bertz CT molecular complexity index is 644. The molecule has 24 heavy (non-hydrogen) atoms. The zero-order valence-corrected chi connectivity index (χ0v) is 14.5. The number of nitrogens with one attached hydrogen (secondary N) is 2. The standard InChI is InChI=1S/C19H22N2O2S/c1-3-13-22-18-11-9-16(10-12-18)21-19(24)20-15(2)14-23-17-7-5-4-6-8-17/h3-12,15H,1,13-14H2,2H3,(H2,20,21,24)/t15-/m0/s1. The van der Waals surface area contributed by atoms with Gasteiger partial charge in [-0.2, -0.15) is 0 Å². The molecule has 0 heterocycles. The van der Waals surface area contributed by atoms with E-state index in [1.54, 1.807) is 6.08 Å². The molecule has 0 aromatic heterocycles. The van der Waals surface area contributed by atoms with Crippen LogP contribution in [0.25, 0.3) is 0 Å². The number of anilines is 1. The minimum atomic E-state index is 0.0837. The van der Waals surface area contributed by atoms with Crippen molar-refractivity contribution in [2.75, 3.05) is 18.5 Å². The minimum Gasteiger partial charge on any atom is -0.491 e. The summed E-state index contributed by atoms with van der Waals surface area (Å²) in [6.45, 7) is 6.66. The highest BCUT2D eigenvalue weighted by Crippen LogP contribution is 2.15. The van der Waals surface area contributed by atoms with Crippen molar-refractivity contribution in [1.82, 2.24) is 5.32 Å². The molecule has 2 N–H and O–H groups in total. The van der Waals surface area contributed by atoms with Crippen molar-refractivity contribution < 1.29 is 9.47 Å². The summed E-state index contributed by atoms with van der Waals surface area (Å²) in [7, 11) is 0. The van der Waals surface area contributed by atoms with E-state index in [2.05, 4.69) is 17.2 Å². The molecule has 0 aliphatic rings. The zero-order valence-electron chi connectivity index (χ0n) is 13.7. The van der Waals surface area contributed by atoms with Gasteiger partial charge in [0.15, 0.2) is 5.11 Å². The van der Waals surface area contributed by atoms with E-state index in [1.165, 1.54) is 0 Å². The Kier molecular flexibility index (Phi) is 7.11. The van der Waals surface area contributed by atoms with Crippen molar-refractivity contribution >= 4 is 23.0 Å². The maximum atomic E-state index is 5.70. The van der Waals surface area contributed by atoms with E-state index in [4.69, 9.17) is 21.7 Å². The average molecular weight is 342 g/mol. The van der Waals surface area contributed by atoms with Gasteiger partial charge in [-0.05, 0) is 55.5 Å². The fraction of sp³-hybridized carbons (Fsp3) is 0.211. The molecule has 2 aromatic rings. The van der Waals surface area contributed by atoms with Gasteiger partial charge in [-0.15, -0.1) is 0 Å². The van der Waals surface area contributed by atoms with E-state index in [9.17, 15) is 0 Å². The van der Waals surface area contributed by atoms with E-state index in [0.717, 1.165) is 17.2 Å². The third-order valence-corrected chi connectivity index (χ3v) is 3.32. The maximum absolute atomic E-state index is 5.70. The van der Waals surface area contributed by atoms with Crippen LogP contribution in [0.15, 0.2) is 67.3 Å². The molecule has 0 saturated carbocycles. The molecule has 1 atom stereocenters. The maximum Gasteiger partial charge on any atom is 0.171 e. The smallest absolute Gasteiger partial charge is 0.171 e. The quantitative estimate of drug-likeness (QED) is 0.560. The second-order valence-electron chi connectivity index (χ2n) is 5.25. The summed E-state index contributed by atoms with van der Waals surface area (Å²) in [6, 6.07) is 17.4. The van der Waals surface area contributed by atoms with Crippen LogP contribution in [0.3, 0.4) is 0 Å². The summed E-state index contributed by atoms with van der Waals surface area (Å²) in [5, 5.41) is 6.90. The normalized spacial score (nSPS) is 11.2. The fourth-order valence-electron chi connectivity index (χ4n) is 1.96. The zero-order chi connectivity index (χ0) is 17.2. The molecular weight excluding hydrogens is 320 g/mol. The first kappa shape index (κ1) is 17.8. The van der Waals surface area contributed by atoms with E-state index < -0.39 is 0 Å². The lowest BCUT2D eigenvalue weighted by molar-refractivity contribution is 0.287. The first-order valence-corrected chi connectivity index (χ1v) is 8.17. The van der Waals surface area contributed by atoms with Gasteiger partial charge < -0.3 is 20.1 Å². The molecule has 5 heteroatoms.